The lowest BCUT2D eigenvalue weighted by atomic mass is 10.2. The maximum absolute atomic E-state index is 13.0. The first-order valence-corrected chi connectivity index (χ1v) is 7.33. The van der Waals surface area contributed by atoms with Gasteiger partial charge in [0.2, 0.25) is 5.91 Å². The zero-order valence-electron chi connectivity index (χ0n) is 13.2. The van der Waals surface area contributed by atoms with Crippen LogP contribution >= 0.6 is 0 Å². The molecule has 0 spiro atoms. The van der Waals surface area contributed by atoms with E-state index in [9.17, 15) is 18.8 Å². The number of amides is 1. The third kappa shape index (κ3) is 3.83. The fraction of sp³-hybridized carbons (Fsp3) is 0.250. The summed E-state index contributed by atoms with van der Waals surface area (Å²) in [5, 5.41) is 6.42. The highest BCUT2D eigenvalue weighted by molar-refractivity contribution is 5.99. The van der Waals surface area contributed by atoms with Gasteiger partial charge in [-0.15, -0.1) is 0 Å². The van der Waals surface area contributed by atoms with Crippen LogP contribution in [0.15, 0.2) is 35.1 Å². The quantitative estimate of drug-likeness (QED) is 0.844. The summed E-state index contributed by atoms with van der Waals surface area (Å²) in [5.41, 5.74) is -0.535. The molecule has 1 heterocycles. The number of nitrogens with one attached hydrogen (secondary N) is 1. The van der Waals surface area contributed by atoms with Crippen LogP contribution in [0.25, 0.3) is 5.69 Å². The predicted octanol–water partition coefficient (Wildman–Crippen LogP) is 1.90. The molecule has 0 radical (unpaired) electrons. The second-order valence-corrected chi connectivity index (χ2v) is 4.76. The molecule has 0 saturated heterocycles. The average molecular weight is 333 g/mol. The zero-order valence-corrected chi connectivity index (χ0v) is 13.2. The van der Waals surface area contributed by atoms with Crippen LogP contribution < -0.4 is 10.9 Å². The van der Waals surface area contributed by atoms with Crippen molar-refractivity contribution in [3.8, 4) is 5.69 Å². The van der Waals surface area contributed by atoms with Gasteiger partial charge < -0.3 is 10.1 Å². The molecule has 2 aromatic rings. The van der Waals surface area contributed by atoms with E-state index in [2.05, 4.69) is 10.4 Å². The van der Waals surface area contributed by atoms with E-state index in [1.807, 2.05) is 0 Å². The molecule has 24 heavy (non-hydrogen) atoms. The lowest BCUT2D eigenvalue weighted by molar-refractivity contribution is -0.115. The minimum absolute atomic E-state index is 0.0244. The highest BCUT2D eigenvalue weighted by Gasteiger charge is 2.19. The van der Waals surface area contributed by atoms with E-state index < -0.39 is 17.3 Å². The molecule has 0 aliphatic carbocycles. The van der Waals surface area contributed by atoms with E-state index in [1.165, 1.54) is 24.3 Å². The van der Waals surface area contributed by atoms with E-state index in [0.717, 1.165) is 10.7 Å². The molecular weight excluding hydrogens is 317 g/mol. The molecule has 0 aliphatic heterocycles. The average Bonchev–Trinajstić information content (AvgIpc) is 2.56. The number of rotatable bonds is 5. The van der Waals surface area contributed by atoms with Gasteiger partial charge in [0.15, 0.2) is 5.69 Å². The van der Waals surface area contributed by atoms with Crippen LogP contribution in [0.5, 0.6) is 0 Å². The Morgan fingerprint density at radius 2 is 1.92 bits per heavy atom. The molecule has 0 unspecified atom stereocenters. The number of carbonyl (C=O) groups is 2. The van der Waals surface area contributed by atoms with Gasteiger partial charge in [0.25, 0.3) is 5.56 Å². The highest BCUT2D eigenvalue weighted by atomic mass is 19.1. The van der Waals surface area contributed by atoms with Crippen molar-refractivity contribution in [2.45, 2.75) is 20.3 Å². The lowest BCUT2D eigenvalue weighted by Gasteiger charge is -2.12. The number of halogens is 1. The van der Waals surface area contributed by atoms with E-state index in [4.69, 9.17) is 4.74 Å². The largest absolute Gasteiger partial charge is 0.461 e. The number of aromatic nitrogens is 2. The van der Waals surface area contributed by atoms with Crippen molar-refractivity contribution in [3.05, 3.63) is 52.2 Å². The van der Waals surface area contributed by atoms with Crippen molar-refractivity contribution >= 4 is 17.6 Å². The summed E-state index contributed by atoms with van der Waals surface area (Å²) in [7, 11) is 0. The second-order valence-electron chi connectivity index (χ2n) is 4.76. The van der Waals surface area contributed by atoms with Crippen LogP contribution in [0.1, 0.15) is 30.8 Å². The molecule has 0 atom stereocenters. The van der Waals surface area contributed by atoms with Gasteiger partial charge in [-0.3, -0.25) is 9.59 Å². The molecule has 7 nitrogen and oxygen atoms in total. The molecule has 126 valence electrons. The fourth-order valence-corrected chi connectivity index (χ4v) is 1.91. The monoisotopic (exact) mass is 333 g/mol. The summed E-state index contributed by atoms with van der Waals surface area (Å²) in [4.78, 5) is 35.9. The number of hydrogen-bond acceptors (Lipinski definition) is 5. The van der Waals surface area contributed by atoms with E-state index >= 15 is 0 Å². The number of hydrogen-bond donors (Lipinski definition) is 1. The standard InChI is InChI=1S/C16H16FN3O4/c1-3-13(21)18-12-9-14(22)20(11-7-5-10(17)6-8-11)19-15(12)16(23)24-4-2/h5-9H,3-4H2,1-2H3,(H,18,21). The first kappa shape index (κ1) is 17.3. The van der Waals surface area contributed by atoms with E-state index in [1.54, 1.807) is 13.8 Å². The SMILES string of the molecule is CCOC(=O)c1nn(-c2ccc(F)cc2)c(=O)cc1NC(=O)CC. The molecule has 0 fully saturated rings. The van der Waals surface area contributed by atoms with Crippen molar-refractivity contribution in [1.29, 1.82) is 0 Å². The smallest absolute Gasteiger partial charge is 0.360 e. The first-order valence-electron chi connectivity index (χ1n) is 7.33. The minimum Gasteiger partial charge on any atom is -0.461 e. The number of ether oxygens (including phenoxy) is 1. The third-order valence-electron chi connectivity index (χ3n) is 3.07. The Morgan fingerprint density at radius 3 is 2.50 bits per heavy atom. The summed E-state index contributed by atoms with van der Waals surface area (Å²) < 4.78 is 18.9. The number of carbonyl (C=O) groups excluding carboxylic acids is 2. The Balaban J connectivity index is 2.56. The van der Waals surface area contributed by atoms with Crippen molar-refractivity contribution in [1.82, 2.24) is 9.78 Å². The van der Waals surface area contributed by atoms with Gasteiger partial charge >= 0.3 is 5.97 Å². The van der Waals surface area contributed by atoms with Gasteiger partial charge in [-0.2, -0.15) is 9.78 Å². The van der Waals surface area contributed by atoms with E-state index in [0.29, 0.717) is 0 Å². The lowest BCUT2D eigenvalue weighted by Crippen LogP contribution is -2.27. The van der Waals surface area contributed by atoms with Gasteiger partial charge in [0, 0.05) is 12.5 Å². The Bertz CT molecular complexity index is 815. The highest BCUT2D eigenvalue weighted by Crippen LogP contribution is 2.14. The van der Waals surface area contributed by atoms with Crippen molar-refractivity contribution in [3.63, 3.8) is 0 Å². The van der Waals surface area contributed by atoms with Crippen LogP contribution in [0.4, 0.5) is 10.1 Å². The molecule has 1 N–H and O–H groups in total. The van der Waals surface area contributed by atoms with Crippen LogP contribution in [-0.2, 0) is 9.53 Å². The summed E-state index contributed by atoms with van der Waals surface area (Å²) in [6.45, 7) is 3.36. The van der Waals surface area contributed by atoms with Crippen LogP contribution in [-0.4, -0.2) is 28.3 Å². The molecular formula is C16H16FN3O4. The summed E-state index contributed by atoms with van der Waals surface area (Å²) in [5.74, 6) is -1.62. The Morgan fingerprint density at radius 1 is 1.25 bits per heavy atom. The van der Waals surface area contributed by atoms with Crippen molar-refractivity contribution in [2.24, 2.45) is 0 Å². The molecule has 1 amide bonds. The third-order valence-corrected chi connectivity index (χ3v) is 3.07. The topological polar surface area (TPSA) is 90.3 Å². The minimum atomic E-state index is -0.778. The number of nitrogens with zero attached hydrogens (tertiary/aromatic N) is 2. The zero-order chi connectivity index (χ0) is 17.7. The van der Waals surface area contributed by atoms with E-state index in [-0.39, 0.29) is 36.0 Å². The van der Waals surface area contributed by atoms with Crippen LogP contribution in [0, 0.1) is 5.82 Å². The van der Waals surface area contributed by atoms with Gasteiger partial charge in [-0.1, -0.05) is 6.92 Å². The Hall–Kier alpha value is -3.03. The second kappa shape index (κ2) is 7.49. The number of benzene rings is 1. The molecule has 1 aromatic carbocycles. The van der Waals surface area contributed by atoms with Crippen LogP contribution in [0.3, 0.4) is 0 Å². The molecule has 0 bridgehead atoms. The fourth-order valence-electron chi connectivity index (χ4n) is 1.91. The number of anilines is 1. The molecule has 0 saturated carbocycles. The normalized spacial score (nSPS) is 10.3. The van der Waals surface area contributed by atoms with Crippen molar-refractivity contribution < 1.29 is 18.7 Å². The molecule has 1 aromatic heterocycles. The maximum Gasteiger partial charge on any atom is 0.360 e. The predicted molar refractivity (Wildman–Crippen MR) is 84.7 cm³/mol. The molecule has 2 rings (SSSR count). The van der Waals surface area contributed by atoms with Gasteiger partial charge in [0.05, 0.1) is 18.0 Å². The van der Waals surface area contributed by atoms with Gasteiger partial charge in [-0.25, -0.2) is 9.18 Å². The Kier molecular flexibility index (Phi) is 5.41. The molecule has 0 aliphatic rings. The first-order chi connectivity index (χ1) is 11.5. The van der Waals surface area contributed by atoms with Crippen LogP contribution in [0.2, 0.25) is 0 Å². The summed E-state index contributed by atoms with van der Waals surface area (Å²) in [6, 6.07) is 6.11. The summed E-state index contributed by atoms with van der Waals surface area (Å²) in [6.07, 6.45) is 0.170. The Labute approximate surface area is 137 Å². The summed E-state index contributed by atoms with van der Waals surface area (Å²) >= 11 is 0. The number of esters is 1. The molecule has 8 heteroatoms. The van der Waals surface area contributed by atoms with Gasteiger partial charge in [-0.05, 0) is 31.2 Å². The maximum atomic E-state index is 13.0. The van der Waals surface area contributed by atoms with Crippen molar-refractivity contribution in [2.75, 3.05) is 11.9 Å². The van der Waals surface area contributed by atoms with Gasteiger partial charge in [0.1, 0.15) is 5.82 Å².